The van der Waals surface area contributed by atoms with E-state index in [1.54, 1.807) is 0 Å². The Kier molecular flexibility index (Phi) is 10.1. The first-order valence-electron chi connectivity index (χ1n) is 15.6. The Hall–Kier alpha value is -4.78. The van der Waals surface area contributed by atoms with Crippen LogP contribution in [-0.2, 0) is 41.7 Å². The number of Topliss-reactive ketones (excluding diaryl/α,β-unsaturated/α-hetero) is 1. The third kappa shape index (κ3) is 6.46. The smallest absolute Gasteiger partial charge is 0.305 e. The maximum absolute atomic E-state index is 13.8. The van der Waals surface area contributed by atoms with Crippen LogP contribution in [0.1, 0.15) is 87.7 Å². The summed E-state index contributed by atoms with van der Waals surface area (Å²) in [5, 5.41) is 78.8. The maximum Gasteiger partial charge on any atom is 0.305 e. The van der Waals surface area contributed by atoms with Crippen LogP contribution in [0.5, 0.6) is 11.5 Å². The van der Waals surface area contributed by atoms with Crippen LogP contribution in [-0.4, -0.2) is 114 Å². The van der Waals surface area contributed by atoms with Crippen LogP contribution in [0.2, 0.25) is 0 Å². The monoisotopic (exact) mass is 700 g/mol. The lowest BCUT2D eigenvalue weighted by atomic mass is 9.71. The summed E-state index contributed by atoms with van der Waals surface area (Å²) < 4.78 is 11.9. The fourth-order valence-electron chi connectivity index (χ4n) is 6.84. The molecule has 17 heteroatoms. The number of carbonyl (C=O) groups is 6. The van der Waals surface area contributed by atoms with E-state index in [0.717, 1.165) is 6.92 Å². The van der Waals surface area contributed by atoms with Gasteiger partial charge >= 0.3 is 5.97 Å². The number of phenolic OH excluding ortho intramolecular Hbond substituents is 2. The maximum atomic E-state index is 13.8. The number of aliphatic hydroxyl groups excluding tert-OH is 3. The summed E-state index contributed by atoms with van der Waals surface area (Å²) in [7, 11) is 0. The molecule has 268 valence electrons. The zero-order valence-electron chi connectivity index (χ0n) is 26.8. The molecule has 2 amide bonds. The Morgan fingerprint density at radius 2 is 1.74 bits per heavy atom. The molecule has 2 aromatic rings. The number of fused-ring (bicyclic) bond motifs is 3. The summed E-state index contributed by atoms with van der Waals surface area (Å²) in [4.78, 5) is 76.2. The third-order valence-corrected chi connectivity index (χ3v) is 9.24. The van der Waals surface area contributed by atoms with Gasteiger partial charge in [-0.05, 0) is 12.5 Å². The average molecular weight is 701 g/mol. The Morgan fingerprint density at radius 1 is 1.06 bits per heavy atom. The van der Waals surface area contributed by atoms with Crippen LogP contribution < -0.4 is 10.6 Å². The minimum atomic E-state index is -2.41. The number of ether oxygens (including phenoxy) is 2. The number of phenols is 2. The van der Waals surface area contributed by atoms with Crippen molar-refractivity contribution in [2.75, 3.05) is 6.61 Å². The van der Waals surface area contributed by atoms with E-state index < -0.39 is 133 Å². The molecular formula is C33H36N2O15. The van der Waals surface area contributed by atoms with Gasteiger partial charge in [0.1, 0.15) is 35.9 Å². The van der Waals surface area contributed by atoms with Crippen molar-refractivity contribution in [2.24, 2.45) is 0 Å². The van der Waals surface area contributed by atoms with Crippen LogP contribution in [0.4, 0.5) is 0 Å². The highest BCUT2D eigenvalue weighted by Gasteiger charge is 2.50. The predicted molar refractivity (Wildman–Crippen MR) is 165 cm³/mol. The van der Waals surface area contributed by atoms with Crippen molar-refractivity contribution in [1.82, 2.24) is 10.6 Å². The van der Waals surface area contributed by atoms with Crippen molar-refractivity contribution >= 4 is 35.1 Å². The molecule has 2 aromatic carbocycles. The van der Waals surface area contributed by atoms with Gasteiger partial charge in [-0.15, -0.1) is 0 Å². The number of hydrogen-bond acceptors (Lipinski definition) is 14. The third-order valence-electron chi connectivity index (χ3n) is 9.24. The number of aromatic hydroxyl groups is 2. The molecule has 1 aliphatic heterocycles. The minimum Gasteiger partial charge on any atom is -0.507 e. The number of carboxylic acids is 1. The number of benzene rings is 2. The summed E-state index contributed by atoms with van der Waals surface area (Å²) in [5.41, 5.74) is -4.49. The molecule has 0 aromatic heterocycles. The highest BCUT2D eigenvalue weighted by Crippen LogP contribution is 2.52. The van der Waals surface area contributed by atoms with Gasteiger partial charge in [-0.2, -0.15) is 0 Å². The van der Waals surface area contributed by atoms with E-state index in [9.17, 15) is 64.5 Å². The first kappa shape index (κ1) is 36.5. The van der Waals surface area contributed by atoms with E-state index in [2.05, 4.69) is 10.6 Å². The van der Waals surface area contributed by atoms with E-state index in [-0.39, 0.29) is 34.2 Å². The molecule has 9 N–H and O–H groups in total. The fourth-order valence-corrected chi connectivity index (χ4v) is 6.84. The number of hydrogen-bond donors (Lipinski definition) is 9. The molecule has 0 spiro atoms. The van der Waals surface area contributed by atoms with Gasteiger partial charge in [-0.1, -0.05) is 18.2 Å². The molecule has 1 saturated heterocycles. The molecule has 5 rings (SSSR count). The zero-order chi connectivity index (χ0) is 36.8. The zero-order valence-corrected chi connectivity index (χ0v) is 26.8. The van der Waals surface area contributed by atoms with E-state index in [1.165, 1.54) is 25.1 Å². The van der Waals surface area contributed by atoms with Crippen molar-refractivity contribution in [3.05, 3.63) is 57.1 Å². The number of aliphatic carboxylic acids is 1. The minimum absolute atomic E-state index is 0.0826. The van der Waals surface area contributed by atoms with Gasteiger partial charge in [0, 0.05) is 48.4 Å². The number of amides is 2. The van der Waals surface area contributed by atoms with E-state index in [1.807, 2.05) is 0 Å². The molecular weight excluding hydrogens is 664 g/mol. The van der Waals surface area contributed by atoms with Crippen molar-refractivity contribution in [1.29, 1.82) is 0 Å². The number of ketones is 3. The fraction of sp³-hybridized carbons (Fsp3) is 0.455. The summed E-state index contributed by atoms with van der Waals surface area (Å²) >= 11 is 0. The van der Waals surface area contributed by atoms with Crippen LogP contribution in [0.15, 0.2) is 18.2 Å². The molecule has 7 atom stereocenters. The molecule has 2 unspecified atom stereocenters. The van der Waals surface area contributed by atoms with Crippen molar-refractivity contribution < 1.29 is 74.0 Å². The molecule has 50 heavy (non-hydrogen) atoms. The lowest BCUT2D eigenvalue weighted by molar-refractivity contribution is -0.249. The molecule has 1 heterocycles. The second-order valence-corrected chi connectivity index (χ2v) is 12.6. The molecule has 0 bridgehead atoms. The number of carboxylic acid groups (broad SMARTS) is 1. The highest BCUT2D eigenvalue weighted by atomic mass is 16.7. The highest BCUT2D eigenvalue weighted by molar-refractivity contribution is 6.31. The topological polar surface area (TPSA) is 287 Å². The summed E-state index contributed by atoms with van der Waals surface area (Å²) in [6.07, 6.45) is -7.85. The Bertz CT molecular complexity index is 1770. The second kappa shape index (κ2) is 13.9. The number of rotatable bonds is 10. The number of aliphatic hydroxyl groups is 4. The summed E-state index contributed by atoms with van der Waals surface area (Å²) in [6.45, 7) is 0.747. The Morgan fingerprint density at radius 3 is 2.36 bits per heavy atom. The van der Waals surface area contributed by atoms with Crippen LogP contribution in [0, 0.1) is 0 Å². The largest absolute Gasteiger partial charge is 0.507 e. The molecule has 17 nitrogen and oxygen atoms in total. The Labute approximate surface area is 283 Å². The van der Waals surface area contributed by atoms with Gasteiger partial charge in [-0.3, -0.25) is 28.8 Å². The van der Waals surface area contributed by atoms with Crippen molar-refractivity contribution in [3.8, 4) is 11.5 Å². The summed E-state index contributed by atoms with van der Waals surface area (Å²) in [5.74, 6) is -7.51. The average Bonchev–Trinajstić information content (AvgIpc) is 3.05. The molecule has 2 aliphatic carbocycles. The predicted octanol–water partition coefficient (Wildman–Crippen LogP) is -1.38. The second-order valence-electron chi connectivity index (χ2n) is 12.6. The first-order valence-corrected chi connectivity index (χ1v) is 15.6. The lowest BCUT2D eigenvalue weighted by Crippen LogP contribution is -2.59. The van der Waals surface area contributed by atoms with Gasteiger partial charge in [-0.25, -0.2) is 0 Å². The van der Waals surface area contributed by atoms with Gasteiger partial charge in [0.05, 0.1) is 42.4 Å². The van der Waals surface area contributed by atoms with E-state index in [4.69, 9.17) is 9.47 Å². The van der Waals surface area contributed by atoms with Gasteiger partial charge < -0.3 is 55.9 Å². The number of carbonyl (C=O) groups excluding carboxylic acids is 5. The first-order chi connectivity index (χ1) is 23.5. The SMILES string of the molecule is CC(=O)NC(CC(=O)O)C(=O)N[C@@H]1C[C@H](O[C@H]2C[C@](O)(C(=O)CO)Cc3c(O)c4c(c(O)c32)C(=O)c2c(CO)cccc2C4=O)OC(C)[C@H]1O. The standard InChI is InChI=1S/C33H36N2O15/c1-12-27(42)17(35-32(47)18(6-21(40)41)34-13(2)38)7-22(49-12)50-19-9-33(48,20(39)11-37)8-16-24(19)31(46)26-25(29(16)44)28(43)15-5-3-4-14(10-36)23(15)30(26)45/h3-5,12,17-19,22,27,36-37,42,44,46,48H,6-11H2,1-2H3,(H,34,38)(H,35,47)(H,40,41)/t12?,17-,18?,19+,22+,27-,33+/m1/s1. The van der Waals surface area contributed by atoms with Crippen LogP contribution in [0.3, 0.4) is 0 Å². The molecule has 0 radical (unpaired) electrons. The number of nitrogens with one attached hydrogen (secondary N) is 2. The molecule has 3 aliphatic rings. The van der Waals surface area contributed by atoms with Crippen LogP contribution in [0.25, 0.3) is 0 Å². The normalized spacial score (nSPS) is 26.2. The van der Waals surface area contributed by atoms with Gasteiger partial charge in [0.25, 0.3) is 0 Å². The van der Waals surface area contributed by atoms with Crippen molar-refractivity contribution in [2.45, 2.75) is 88.4 Å². The molecule has 0 saturated carbocycles. The van der Waals surface area contributed by atoms with Gasteiger partial charge in [0.2, 0.25) is 11.8 Å². The van der Waals surface area contributed by atoms with Crippen molar-refractivity contribution in [3.63, 3.8) is 0 Å². The summed E-state index contributed by atoms with van der Waals surface area (Å²) in [6, 6.07) is 1.46. The quantitative estimate of drug-likeness (QED) is 0.110. The Balaban J connectivity index is 1.54. The molecule has 1 fully saturated rings. The van der Waals surface area contributed by atoms with Gasteiger partial charge in [0.15, 0.2) is 23.6 Å². The lowest BCUT2D eigenvalue weighted by Gasteiger charge is -2.43. The van der Waals surface area contributed by atoms with E-state index >= 15 is 0 Å². The van der Waals surface area contributed by atoms with E-state index in [0.29, 0.717) is 0 Å². The van der Waals surface area contributed by atoms with Crippen LogP contribution >= 0.6 is 0 Å².